The van der Waals surface area contributed by atoms with Gasteiger partial charge in [-0.1, -0.05) is 18.5 Å². The summed E-state index contributed by atoms with van der Waals surface area (Å²) >= 11 is 6.25. The third-order valence-electron chi connectivity index (χ3n) is 3.99. The van der Waals surface area contributed by atoms with Gasteiger partial charge >= 0.3 is 0 Å². The van der Waals surface area contributed by atoms with Crippen molar-refractivity contribution >= 4 is 23.4 Å². The first-order valence-electron chi connectivity index (χ1n) is 8.55. The minimum absolute atomic E-state index is 0.142. The van der Waals surface area contributed by atoms with Crippen LogP contribution in [0.2, 0.25) is 5.02 Å². The van der Waals surface area contributed by atoms with Gasteiger partial charge in [0.15, 0.2) is 11.5 Å². The van der Waals surface area contributed by atoms with Crippen molar-refractivity contribution in [2.75, 3.05) is 26.8 Å². The van der Waals surface area contributed by atoms with Gasteiger partial charge in [0, 0.05) is 31.1 Å². The average molecular weight is 369 g/mol. The summed E-state index contributed by atoms with van der Waals surface area (Å²) in [7, 11) is 1.51. The van der Waals surface area contributed by atoms with Crippen molar-refractivity contribution in [2.45, 2.75) is 39.2 Å². The Morgan fingerprint density at radius 2 is 2.20 bits per heavy atom. The molecule has 1 fully saturated rings. The Balaban J connectivity index is 2.05. The van der Waals surface area contributed by atoms with Crippen molar-refractivity contribution in [3.8, 4) is 11.5 Å². The Morgan fingerprint density at radius 1 is 1.44 bits per heavy atom. The van der Waals surface area contributed by atoms with Gasteiger partial charge in [0.2, 0.25) is 5.91 Å². The van der Waals surface area contributed by atoms with Crippen LogP contribution in [-0.2, 0) is 4.79 Å². The SMILES string of the molecule is CCCOc1c(Cl)cc(C(=O)NC(C)CN2CCCC2=O)cc1OC. The highest BCUT2D eigenvalue weighted by Crippen LogP contribution is 2.36. The maximum Gasteiger partial charge on any atom is 0.251 e. The van der Waals surface area contributed by atoms with Gasteiger partial charge in [-0.05, 0) is 31.9 Å². The van der Waals surface area contributed by atoms with E-state index >= 15 is 0 Å². The number of methoxy groups -OCH3 is 1. The van der Waals surface area contributed by atoms with Gasteiger partial charge in [-0.25, -0.2) is 0 Å². The molecule has 7 heteroatoms. The molecule has 0 aliphatic carbocycles. The van der Waals surface area contributed by atoms with Gasteiger partial charge in [0.25, 0.3) is 5.91 Å². The molecular weight excluding hydrogens is 344 g/mol. The topological polar surface area (TPSA) is 67.9 Å². The molecule has 1 unspecified atom stereocenters. The van der Waals surface area contributed by atoms with Crippen LogP contribution in [0.25, 0.3) is 0 Å². The van der Waals surface area contributed by atoms with Crippen molar-refractivity contribution in [1.29, 1.82) is 0 Å². The summed E-state index contributed by atoms with van der Waals surface area (Å²) in [6, 6.07) is 3.02. The van der Waals surface area contributed by atoms with Crippen molar-refractivity contribution in [2.24, 2.45) is 0 Å². The van der Waals surface area contributed by atoms with E-state index in [1.54, 1.807) is 17.0 Å². The monoisotopic (exact) mass is 368 g/mol. The van der Waals surface area contributed by atoms with Gasteiger partial charge in [0.05, 0.1) is 18.7 Å². The number of rotatable bonds is 8. The molecule has 138 valence electrons. The van der Waals surface area contributed by atoms with E-state index in [1.807, 2.05) is 13.8 Å². The summed E-state index contributed by atoms with van der Waals surface area (Å²) in [5, 5.41) is 3.23. The molecule has 2 amide bonds. The third-order valence-corrected chi connectivity index (χ3v) is 4.27. The molecule has 1 aromatic rings. The Bertz CT molecular complexity index is 636. The van der Waals surface area contributed by atoms with Gasteiger partial charge in [-0.15, -0.1) is 0 Å². The lowest BCUT2D eigenvalue weighted by Crippen LogP contribution is -2.42. The maximum absolute atomic E-state index is 12.5. The van der Waals surface area contributed by atoms with E-state index in [-0.39, 0.29) is 17.9 Å². The molecule has 0 saturated carbocycles. The van der Waals surface area contributed by atoms with E-state index in [0.29, 0.717) is 41.7 Å². The van der Waals surface area contributed by atoms with E-state index < -0.39 is 0 Å². The summed E-state index contributed by atoms with van der Waals surface area (Å²) in [4.78, 5) is 25.9. The smallest absolute Gasteiger partial charge is 0.251 e. The average Bonchev–Trinajstić information content (AvgIpc) is 2.97. The quantitative estimate of drug-likeness (QED) is 0.766. The highest BCUT2D eigenvalue weighted by molar-refractivity contribution is 6.32. The minimum atomic E-state index is -0.263. The molecule has 25 heavy (non-hydrogen) atoms. The molecule has 1 N–H and O–H groups in total. The molecule has 1 aromatic carbocycles. The maximum atomic E-state index is 12.5. The zero-order valence-electron chi connectivity index (χ0n) is 14.9. The number of likely N-dealkylation sites (tertiary alicyclic amines) is 1. The lowest BCUT2D eigenvalue weighted by atomic mass is 10.1. The number of hydrogen-bond donors (Lipinski definition) is 1. The number of carbonyl (C=O) groups excluding carboxylic acids is 2. The van der Waals surface area contributed by atoms with Gasteiger partial charge in [-0.2, -0.15) is 0 Å². The second-order valence-corrected chi connectivity index (χ2v) is 6.56. The fraction of sp³-hybridized carbons (Fsp3) is 0.556. The summed E-state index contributed by atoms with van der Waals surface area (Å²) in [6.45, 7) is 5.65. The lowest BCUT2D eigenvalue weighted by molar-refractivity contribution is -0.127. The lowest BCUT2D eigenvalue weighted by Gasteiger charge is -2.22. The van der Waals surface area contributed by atoms with Gasteiger partial charge in [-0.3, -0.25) is 9.59 Å². The molecule has 1 saturated heterocycles. The van der Waals surface area contributed by atoms with Crippen LogP contribution in [0.15, 0.2) is 12.1 Å². The molecule has 1 aliphatic rings. The molecule has 6 nitrogen and oxygen atoms in total. The Hall–Kier alpha value is -1.95. The Kier molecular flexibility index (Phi) is 6.93. The van der Waals surface area contributed by atoms with E-state index in [0.717, 1.165) is 19.4 Å². The molecule has 0 aromatic heterocycles. The standard InChI is InChI=1S/C18H25ClN2O4/c1-4-8-25-17-14(19)9-13(10-15(17)24-3)18(23)20-12(2)11-21-7-5-6-16(21)22/h9-10,12H,4-8,11H2,1-3H3,(H,20,23). The zero-order valence-corrected chi connectivity index (χ0v) is 15.7. The second kappa shape index (κ2) is 8.94. The minimum Gasteiger partial charge on any atom is -0.493 e. The highest BCUT2D eigenvalue weighted by Gasteiger charge is 2.23. The summed E-state index contributed by atoms with van der Waals surface area (Å²) in [6.07, 6.45) is 2.31. The largest absolute Gasteiger partial charge is 0.493 e. The van der Waals surface area contributed by atoms with Crippen LogP contribution in [0.3, 0.4) is 0 Å². The predicted molar refractivity (Wildman–Crippen MR) is 96.5 cm³/mol. The normalized spacial score (nSPS) is 15.2. The van der Waals surface area contributed by atoms with Crippen LogP contribution in [-0.4, -0.2) is 49.6 Å². The van der Waals surface area contributed by atoms with Gasteiger partial charge in [0.1, 0.15) is 0 Å². The molecule has 1 aliphatic heterocycles. The first kappa shape index (κ1) is 19.4. The zero-order chi connectivity index (χ0) is 18.4. The fourth-order valence-electron chi connectivity index (χ4n) is 2.78. The molecule has 1 atom stereocenters. The van der Waals surface area contributed by atoms with Crippen LogP contribution in [0.1, 0.15) is 43.5 Å². The van der Waals surface area contributed by atoms with Crippen molar-refractivity contribution in [3.05, 3.63) is 22.7 Å². The summed E-state index contributed by atoms with van der Waals surface area (Å²) in [5.41, 5.74) is 0.394. The van der Waals surface area contributed by atoms with Crippen molar-refractivity contribution in [1.82, 2.24) is 10.2 Å². The van der Waals surface area contributed by atoms with E-state index in [1.165, 1.54) is 7.11 Å². The Labute approximate surface area is 153 Å². The number of ether oxygens (including phenoxy) is 2. The van der Waals surface area contributed by atoms with Gasteiger partial charge < -0.3 is 19.7 Å². The number of amides is 2. The van der Waals surface area contributed by atoms with E-state index in [2.05, 4.69) is 5.32 Å². The highest BCUT2D eigenvalue weighted by atomic mass is 35.5. The number of hydrogen-bond acceptors (Lipinski definition) is 4. The number of nitrogens with one attached hydrogen (secondary N) is 1. The second-order valence-electron chi connectivity index (χ2n) is 6.16. The molecular formula is C18H25ClN2O4. The number of carbonyl (C=O) groups is 2. The first-order chi connectivity index (χ1) is 12.0. The molecule has 2 rings (SSSR count). The van der Waals surface area contributed by atoms with Crippen molar-refractivity contribution < 1.29 is 19.1 Å². The molecule has 0 radical (unpaired) electrons. The van der Waals surface area contributed by atoms with E-state index in [4.69, 9.17) is 21.1 Å². The first-order valence-corrected chi connectivity index (χ1v) is 8.93. The molecule has 0 bridgehead atoms. The summed E-state index contributed by atoms with van der Waals surface area (Å²) < 4.78 is 10.9. The van der Waals surface area contributed by atoms with Crippen LogP contribution in [0.4, 0.5) is 0 Å². The number of halogens is 1. The third kappa shape index (κ3) is 5.01. The van der Waals surface area contributed by atoms with Crippen LogP contribution in [0.5, 0.6) is 11.5 Å². The fourth-order valence-corrected chi connectivity index (χ4v) is 3.04. The van der Waals surface area contributed by atoms with Crippen LogP contribution >= 0.6 is 11.6 Å². The Morgan fingerprint density at radius 3 is 2.80 bits per heavy atom. The molecule has 1 heterocycles. The number of nitrogens with zero attached hydrogens (tertiary/aromatic N) is 1. The van der Waals surface area contributed by atoms with Crippen LogP contribution in [0, 0.1) is 0 Å². The number of benzene rings is 1. The predicted octanol–water partition coefficient (Wildman–Crippen LogP) is 2.88. The van der Waals surface area contributed by atoms with Crippen LogP contribution < -0.4 is 14.8 Å². The van der Waals surface area contributed by atoms with Crippen molar-refractivity contribution in [3.63, 3.8) is 0 Å². The van der Waals surface area contributed by atoms with E-state index in [9.17, 15) is 9.59 Å². The molecule has 0 spiro atoms. The summed E-state index contributed by atoms with van der Waals surface area (Å²) in [5.74, 6) is 0.747.